The molecule has 0 amide bonds. The molecule has 0 spiro atoms. The summed E-state index contributed by atoms with van der Waals surface area (Å²) in [5, 5.41) is 0. The van der Waals surface area contributed by atoms with Crippen LogP contribution < -0.4 is 0 Å². The van der Waals surface area contributed by atoms with Crippen molar-refractivity contribution in [1.29, 1.82) is 0 Å². The highest BCUT2D eigenvalue weighted by Crippen LogP contribution is 2.15. The van der Waals surface area contributed by atoms with Gasteiger partial charge in [0.2, 0.25) is 0 Å². The molecule has 1 radical (unpaired) electrons. The second kappa shape index (κ2) is 2.27. The van der Waals surface area contributed by atoms with E-state index in [1.165, 1.54) is 19.5 Å². The van der Waals surface area contributed by atoms with Crippen LogP contribution in [-0.2, 0) is 4.74 Å². The molecule has 2 nitrogen and oxygen atoms in total. The van der Waals surface area contributed by atoms with Crippen LogP contribution in [0.5, 0.6) is 0 Å². The summed E-state index contributed by atoms with van der Waals surface area (Å²) in [6.07, 6.45) is 3.62. The third-order valence-electron chi connectivity index (χ3n) is 2.12. The third kappa shape index (κ3) is 0.970. The summed E-state index contributed by atoms with van der Waals surface area (Å²) in [5.41, 5.74) is 0. The quantitative estimate of drug-likeness (QED) is 0.501. The van der Waals surface area contributed by atoms with Gasteiger partial charge >= 0.3 is 0 Å². The molecule has 2 rings (SSSR count). The molecule has 2 heteroatoms. The number of hydrogen-bond donors (Lipinski definition) is 0. The average molecular weight is 126 g/mol. The summed E-state index contributed by atoms with van der Waals surface area (Å²) >= 11 is 0. The first kappa shape index (κ1) is 5.69. The second-order valence-corrected chi connectivity index (χ2v) is 2.76. The van der Waals surface area contributed by atoms with Crippen molar-refractivity contribution in [3.8, 4) is 0 Å². The molecule has 0 bridgehead atoms. The van der Waals surface area contributed by atoms with Gasteiger partial charge in [0.1, 0.15) is 0 Å². The highest BCUT2D eigenvalue weighted by atomic mass is 16.5. The van der Waals surface area contributed by atoms with Gasteiger partial charge in [0.15, 0.2) is 0 Å². The molecule has 0 saturated carbocycles. The van der Waals surface area contributed by atoms with Crippen molar-refractivity contribution in [2.45, 2.75) is 12.5 Å². The van der Waals surface area contributed by atoms with Gasteiger partial charge in [-0.1, -0.05) is 0 Å². The van der Waals surface area contributed by atoms with Crippen molar-refractivity contribution in [1.82, 2.24) is 4.90 Å². The van der Waals surface area contributed by atoms with E-state index in [2.05, 4.69) is 11.3 Å². The van der Waals surface area contributed by atoms with E-state index < -0.39 is 0 Å². The van der Waals surface area contributed by atoms with Gasteiger partial charge in [-0.05, 0) is 19.4 Å². The largest absolute Gasteiger partial charge is 0.378 e. The van der Waals surface area contributed by atoms with Crippen LogP contribution in [0.1, 0.15) is 6.42 Å². The molecule has 2 fully saturated rings. The molecular weight excluding hydrogens is 114 g/mol. The Hall–Kier alpha value is -0.0800. The van der Waals surface area contributed by atoms with E-state index in [9.17, 15) is 0 Å². The lowest BCUT2D eigenvalue weighted by molar-refractivity contribution is -0.0561. The zero-order valence-corrected chi connectivity index (χ0v) is 5.55. The van der Waals surface area contributed by atoms with Crippen molar-refractivity contribution in [3.05, 3.63) is 6.42 Å². The summed E-state index contributed by atoms with van der Waals surface area (Å²) in [6.45, 7) is 4.38. The first-order valence-electron chi connectivity index (χ1n) is 3.60. The molecule has 51 valence electrons. The molecule has 9 heavy (non-hydrogen) atoms. The van der Waals surface area contributed by atoms with E-state index >= 15 is 0 Å². The molecule has 2 aliphatic rings. The van der Waals surface area contributed by atoms with E-state index in [4.69, 9.17) is 4.74 Å². The SMILES string of the molecule is [CH]1CCN(C2COC2)C1. The van der Waals surface area contributed by atoms with Gasteiger partial charge in [0, 0.05) is 6.54 Å². The lowest BCUT2D eigenvalue weighted by Crippen LogP contribution is -2.47. The van der Waals surface area contributed by atoms with Crippen molar-refractivity contribution in [2.24, 2.45) is 0 Å². The monoisotopic (exact) mass is 126 g/mol. The van der Waals surface area contributed by atoms with E-state index in [1.807, 2.05) is 0 Å². The minimum absolute atomic E-state index is 0.753. The highest BCUT2D eigenvalue weighted by molar-refractivity contribution is 4.88. The van der Waals surface area contributed by atoms with Crippen LogP contribution in [0.25, 0.3) is 0 Å². The fourth-order valence-electron chi connectivity index (χ4n) is 1.37. The summed E-state index contributed by atoms with van der Waals surface area (Å²) in [7, 11) is 0. The lowest BCUT2D eigenvalue weighted by atomic mass is 10.2. The van der Waals surface area contributed by atoms with E-state index in [0.717, 1.165) is 19.3 Å². The molecule has 0 N–H and O–H groups in total. The van der Waals surface area contributed by atoms with Crippen molar-refractivity contribution in [3.63, 3.8) is 0 Å². The van der Waals surface area contributed by atoms with Gasteiger partial charge in [-0.25, -0.2) is 0 Å². The number of hydrogen-bond acceptors (Lipinski definition) is 2. The van der Waals surface area contributed by atoms with Gasteiger partial charge in [-0.2, -0.15) is 0 Å². The van der Waals surface area contributed by atoms with Gasteiger partial charge in [0.25, 0.3) is 0 Å². The van der Waals surface area contributed by atoms with Crippen LogP contribution in [0.4, 0.5) is 0 Å². The zero-order chi connectivity index (χ0) is 6.10. The van der Waals surface area contributed by atoms with Gasteiger partial charge in [-0.3, -0.25) is 4.90 Å². The van der Waals surface area contributed by atoms with E-state index in [1.54, 1.807) is 0 Å². The Kier molecular flexibility index (Phi) is 1.44. The molecule has 2 aliphatic heterocycles. The molecule has 0 atom stereocenters. The number of likely N-dealkylation sites (tertiary alicyclic amines) is 1. The predicted molar refractivity (Wildman–Crippen MR) is 35.1 cm³/mol. The Bertz CT molecular complexity index is 95.1. The van der Waals surface area contributed by atoms with Gasteiger partial charge < -0.3 is 4.74 Å². The third-order valence-corrected chi connectivity index (χ3v) is 2.12. The molecule has 2 saturated heterocycles. The first-order valence-corrected chi connectivity index (χ1v) is 3.60. The summed E-state index contributed by atoms with van der Waals surface area (Å²) in [5.74, 6) is 0. The van der Waals surface area contributed by atoms with E-state index in [-0.39, 0.29) is 0 Å². The summed E-state index contributed by atoms with van der Waals surface area (Å²) < 4.78 is 5.09. The molecule has 0 unspecified atom stereocenters. The zero-order valence-electron chi connectivity index (χ0n) is 5.55. The van der Waals surface area contributed by atoms with Crippen LogP contribution in [0, 0.1) is 6.42 Å². The maximum Gasteiger partial charge on any atom is 0.0645 e. The Balaban J connectivity index is 1.82. The Morgan fingerprint density at radius 1 is 1.44 bits per heavy atom. The number of ether oxygens (including phenoxy) is 1. The summed E-state index contributed by atoms with van der Waals surface area (Å²) in [6, 6.07) is 0.753. The first-order chi connectivity index (χ1) is 4.47. The maximum absolute atomic E-state index is 5.09. The van der Waals surface area contributed by atoms with Crippen LogP contribution in [0.3, 0.4) is 0 Å². The molecular formula is C7H12NO. The normalized spacial score (nSPS) is 30.7. The molecule has 0 aromatic heterocycles. The fraction of sp³-hybridized carbons (Fsp3) is 0.857. The highest BCUT2D eigenvalue weighted by Gasteiger charge is 2.27. The van der Waals surface area contributed by atoms with Crippen LogP contribution in [-0.4, -0.2) is 37.2 Å². The van der Waals surface area contributed by atoms with Gasteiger partial charge in [-0.15, -0.1) is 0 Å². The minimum Gasteiger partial charge on any atom is -0.378 e. The van der Waals surface area contributed by atoms with Crippen LogP contribution in [0.2, 0.25) is 0 Å². The Labute approximate surface area is 55.8 Å². The van der Waals surface area contributed by atoms with E-state index in [0.29, 0.717) is 0 Å². The lowest BCUT2D eigenvalue weighted by Gasteiger charge is -2.34. The molecule has 0 aromatic carbocycles. The maximum atomic E-state index is 5.09. The smallest absolute Gasteiger partial charge is 0.0645 e. The fourth-order valence-corrected chi connectivity index (χ4v) is 1.37. The summed E-state index contributed by atoms with van der Waals surface area (Å²) in [4.78, 5) is 2.49. The number of nitrogens with zero attached hydrogens (tertiary/aromatic N) is 1. The number of rotatable bonds is 1. The second-order valence-electron chi connectivity index (χ2n) is 2.76. The van der Waals surface area contributed by atoms with Crippen molar-refractivity contribution < 1.29 is 4.74 Å². The average Bonchev–Trinajstić information content (AvgIpc) is 2.11. The Morgan fingerprint density at radius 3 is 2.78 bits per heavy atom. The van der Waals surface area contributed by atoms with Crippen LogP contribution >= 0.6 is 0 Å². The molecule has 0 aliphatic carbocycles. The topological polar surface area (TPSA) is 12.5 Å². The molecule has 2 heterocycles. The predicted octanol–water partition coefficient (Wildman–Crippen LogP) is 0.295. The van der Waals surface area contributed by atoms with Crippen LogP contribution in [0.15, 0.2) is 0 Å². The van der Waals surface area contributed by atoms with Gasteiger partial charge in [0.05, 0.1) is 19.3 Å². The molecule has 0 aromatic rings. The van der Waals surface area contributed by atoms with Crippen molar-refractivity contribution >= 4 is 0 Å². The standard InChI is InChI=1S/C7H12NO/c1-2-4-8(3-1)7-5-9-6-7/h1,7H,2-6H2. The minimum atomic E-state index is 0.753. The van der Waals surface area contributed by atoms with Crippen molar-refractivity contribution in [2.75, 3.05) is 26.3 Å². The Morgan fingerprint density at radius 2 is 2.33 bits per heavy atom.